The summed E-state index contributed by atoms with van der Waals surface area (Å²) in [6.07, 6.45) is 1.43. The third kappa shape index (κ3) is 4.43. The van der Waals surface area contributed by atoms with E-state index in [9.17, 15) is 9.18 Å². The van der Waals surface area contributed by atoms with E-state index in [-0.39, 0.29) is 11.6 Å². The second-order valence-electron chi connectivity index (χ2n) is 4.98. The Morgan fingerprint density at radius 3 is 2.60 bits per heavy atom. The first-order valence-electron chi connectivity index (χ1n) is 7.13. The molecule has 1 amide bonds. The van der Waals surface area contributed by atoms with Gasteiger partial charge in [-0.1, -0.05) is 29.3 Å². The van der Waals surface area contributed by atoms with Crippen molar-refractivity contribution in [1.29, 1.82) is 0 Å². The number of hydrogen-bond acceptors (Lipinski definition) is 4. The number of halogens is 3. The Morgan fingerprint density at radius 1 is 1.00 bits per heavy atom. The van der Waals surface area contributed by atoms with Gasteiger partial charge in [-0.15, -0.1) is 0 Å². The highest BCUT2D eigenvalue weighted by Gasteiger charge is 2.10. The molecule has 2 N–H and O–H groups in total. The molecule has 0 spiro atoms. The molecule has 0 fully saturated rings. The fourth-order valence-electron chi connectivity index (χ4n) is 2.01. The van der Waals surface area contributed by atoms with Crippen LogP contribution in [0.15, 0.2) is 54.7 Å². The van der Waals surface area contributed by atoms with E-state index >= 15 is 0 Å². The van der Waals surface area contributed by atoms with Crippen LogP contribution in [0, 0.1) is 5.82 Å². The second kappa shape index (κ2) is 7.46. The van der Waals surface area contributed by atoms with Crippen LogP contribution in [0.3, 0.4) is 0 Å². The van der Waals surface area contributed by atoms with E-state index in [2.05, 4.69) is 20.6 Å². The molecule has 0 bridgehead atoms. The van der Waals surface area contributed by atoms with E-state index < -0.39 is 11.7 Å². The monoisotopic (exact) mass is 376 g/mol. The lowest BCUT2D eigenvalue weighted by Crippen LogP contribution is -2.14. The first-order chi connectivity index (χ1) is 12.0. The van der Waals surface area contributed by atoms with Crippen molar-refractivity contribution in [2.75, 3.05) is 10.6 Å². The summed E-state index contributed by atoms with van der Waals surface area (Å²) >= 11 is 11.8. The molecule has 25 heavy (non-hydrogen) atoms. The number of aromatic nitrogens is 2. The van der Waals surface area contributed by atoms with Crippen LogP contribution in [-0.4, -0.2) is 15.9 Å². The average Bonchev–Trinajstić information content (AvgIpc) is 2.58. The van der Waals surface area contributed by atoms with E-state index in [0.717, 1.165) is 0 Å². The zero-order valence-corrected chi connectivity index (χ0v) is 14.1. The van der Waals surface area contributed by atoms with Crippen LogP contribution in [0.2, 0.25) is 10.0 Å². The third-order valence-electron chi connectivity index (χ3n) is 3.15. The Balaban J connectivity index is 1.76. The summed E-state index contributed by atoms with van der Waals surface area (Å²) in [6, 6.07) is 12.0. The minimum Gasteiger partial charge on any atom is -0.324 e. The molecule has 0 unspecified atom stereocenters. The molecular formula is C17H11Cl2FN4O. The Hall–Kier alpha value is -2.70. The van der Waals surface area contributed by atoms with Gasteiger partial charge in [0.05, 0.1) is 10.0 Å². The van der Waals surface area contributed by atoms with Gasteiger partial charge < -0.3 is 10.6 Å². The molecule has 0 aliphatic carbocycles. The predicted molar refractivity (Wildman–Crippen MR) is 96.1 cm³/mol. The highest BCUT2D eigenvalue weighted by molar-refractivity contribution is 6.42. The minimum atomic E-state index is -0.442. The van der Waals surface area contributed by atoms with Crippen LogP contribution in [-0.2, 0) is 0 Å². The summed E-state index contributed by atoms with van der Waals surface area (Å²) < 4.78 is 13.2. The lowest BCUT2D eigenvalue weighted by molar-refractivity contribution is 0.102. The van der Waals surface area contributed by atoms with Crippen molar-refractivity contribution in [3.05, 3.63) is 76.3 Å². The lowest BCUT2D eigenvalue weighted by atomic mass is 10.3. The van der Waals surface area contributed by atoms with Crippen molar-refractivity contribution in [2.45, 2.75) is 0 Å². The standard InChI is InChI=1S/C17H11Cl2FN4O/c18-13-5-4-12(9-14(13)19)22-16(25)15-6-7-21-17(24-15)23-11-3-1-2-10(20)8-11/h1-9H,(H,22,25)(H,21,23,24). The molecular weight excluding hydrogens is 366 g/mol. The number of nitrogens with one attached hydrogen (secondary N) is 2. The number of rotatable bonds is 4. The van der Waals surface area contributed by atoms with Gasteiger partial charge in [0.25, 0.3) is 5.91 Å². The Kier molecular flexibility index (Phi) is 5.11. The van der Waals surface area contributed by atoms with Crippen LogP contribution in [0.25, 0.3) is 0 Å². The summed E-state index contributed by atoms with van der Waals surface area (Å²) in [6.45, 7) is 0. The van der Waals surface area contributed by atoms with Crippen LogP contribution in [0.4, 0.5) is 21.7 Å². The summed E-state index contributed by atoms with van der Waals surface area (Å²) in [5.74, 6) is -0.658. The molecule has 126 valence electrons. The van der Waals surface area contributed by atoms with E-state index in [1.165, 1.54) is 30.5 Å². The predicted octanol–water partition coefficient (Wildman–Crippen LogP) is 4.92. The number of carbonyl (C=O) groups is 1. The molecule has 3 aromatic rings. The van der Waals surface area contributed by atoms with Gasteiger partial charge in [-0.25, -0.2) is 14.4 Å². The average molecular weight is 377 g/mol. The molecule has 1 heterocycles. The lowest BCUT2D eigenvalue weighted by Gasteiger charge is -2.08. The van der Waals surface area contributed by atoms with E-state index in [4.69, 9.17) is 23.2 Å². The van der Waals surface area contributed by atoms with Gasteiger partial charge >= 0.3 is 0 Å². The molecule has 0 aliphatic rings. The highest BCUT2D eigenvalue weighted by Crippen LogP contribution is 2.25. The maximum Gasteiger partial charge on any atom is 0.274 e. The zero-order chi connectivity index (χ0) is 17.8. The smallest absolute Gasteiger partial charge is 0.274 e. The topological polar surface area (TPSA) is 66.9 Å². The minimum absolute atomic E-state index is 0.139. The summed E-state index contributed by atoms with van der Waals surface area (Å²) in [7, 11) is 0. The van der Waals surface area contributed by atoms with Gasteiger partial charge in [0, 0.05) is 17.6 Å². The SMILES string of the molecule is O=C(Nc1ccc(Cl)c(Cl)c1)c1ccnc(Nc2cccc(F)c2)n1. The number of amides is 1. The normalized spacial score (nSPS) is 10.4. The van der Waals surface area contributed by atoms with Crippen molar-refractivity contribution < 1.29 is 9.18 Å². The van der Waals surface area contributed by atoms with Gasteiger partial charge in [0.1, 0.15) is 11.5 Å². The molecule has 0 saturated carbocycles. The van der Waals surface area contributed by atoms with Gasteiger partial charge in [0.2, 0.25) is 5.95 Å². The van der Waals surface area contributed by atoms with Crippen molar-refractivity contribution in [2.24, 2.45) is 0 Å². The number of hydrogen-bond donors (Lipinski definition) is 2. The van der Waals surface area contributed by atoms with E-state index in [0.29, 0.717) is 21.4 Å². The van der Waals surface area contributed by atoms with Crippen molar-refractivity contribution in [1.82, 2.24) is 9.97 Å². The molecule has 0 atom stereocenters. The zero-order valence-electron chi connectivity index (χ0n) is 12.6. The molecule has 1 aromatic heterocycles. The quantitative estimate of drug-likeness (QED) is 0.678. The van der Waals surface area contributed by atoms with Crippen LogP contribution in [0.1, 0.15) is 10.5 Å². The van der Waals surface area contributed by atoms with Crippen LogP contribution in [0.5, 0.6) is 0 Å². The maximum absolute atomic E-state index is 13.2. The molecule has 2 aromatic carbocycles. The van der Waals surface area contributed by atoms with Crippen LogP contribution < -0.4 is 10.6 Å². The molecule has 8 heteroatoms. The van der Waals surface area contributed by atoms with Gasteiger partial charge in [0.15, 0.2) is 0 Å². The first kappa shape index (κ1) is 17.1. The molecule has 0 radical (unpaired) electrons. The van der Waals surface area contributed by atoms with Crippen LogP contribution >= 0.6 is 23.2 Å². The number of nitrogens with zero attached hydrogens (tertiary/aromatic N) is 2. The maximum atomic E-state index is 13.2. The van der Waals surface area contributed by atoms with Gasteiger partial charge in [-0.05, 0) is 42.5 Å². The molecule has 0 saturated heterocycles. The summed E-state index contributed by atoms with van der Waals surface area (Å²) in [4.78, 5) is 20.4. The largest absolute Gasteiger partial charge is 0.324 e. The van der Waals surface area contributed by atoms with Crippen molar-refractivity contribution in [3.63, 3.8) is 0 Å². The fourth-order valence-corrected chi connectivity index (χ4v) is 2.31. The molecule has 5 nitrogen and oxygen atoms in total. The van der Waals surface area contributed by atoms with Gasteiger partial charge in [-0.2, -0.15) is 0 Å². The van der Waals surface area contributed by atoms with Crippen molar-refractivity contribution in [3.8, 4) is 0 Å². The number of anilines is 3. The summed E-state index contributed by atoms with van der Waals surface area (Å²) in [5.41, 5.74) is 1.10. The van der Waals surface area contributed by atoms with Gasteiger partial charge in [-0.3, -0.25) is 4.79 Å². The Labute approximate surface area is 152 Å². The molecule has 0 aliphatic heterocycles. The number of carbonyl (C=O) groups excluding carboxylic acids is 1. The first-order valence-corrected chi connectivity index (χ1v) is 7.89. The Morgan fingerprint density at radius 2 is 1.84 bits per heavy atom. The van der Waals surface area contributed by atoms with E-state index in [1.807, 2.05) is 0 Å². The second-order valence-corrected chi connectivity index (χ2v) is 5.80. The van der Waals surface area contributed by atoms with Crippen molar-refractivity contribution >= 4 is 46.4 Å². The third-order valence-corrected chi connectivity index (χ3v) is 3.89. The molecule has 3 rings (SSSR count). The fraction of sp³-hybridized carbons (Fsp3) is 0. The number of benzene rings is 2. The Bertz CT molecular complexity index is 936. The van der Waals surface area contributed by atoms with E-state index in [1.54, 1.807) is 24.3 Å². The summed E-state index contributed by atoms with van der Waals surface area (Å²) in [5, 5.41) is 6.23. The highest BCUT2D eigenvalue weighted by atomic mass is 35.5.